The Hall–Kier alpha value is -1.96. The molecule has 1 aliphatic rings. The average Bonchev–Trinajstić information content (AvgIpc) is 3.04. The number of anilines is 1. The van der Waals surface area contributed by atoms with Gasteiger partial charge in [0.2, 0.25) is 0 Å². The third-order valence-electron chi connectivity index (χ3n) is 4.43. The minimum absolute atomic E-state index is 0.116. The number of morpholine rings is 1. The zero-order valence-electron chi connectivity index (χ0n) is 16.4. The van der Waals surface area contributed by atoms with Crippen molar-refractivity contribution < 1.29 is 14.3 Å². The molecule has 150 valence electrons. The molecule has 1 aliphatic heterocycles. The molecule has 5 nitrogen and oxygen atoms in total. The first-order valence-corrected chi connectivity index (χ1v) is 10.7. The van der Waals surface area contributed by atoms with Gasteiger partial charge >= 0.3 is 5.97 Å². The van der Waals surface area contributed by atoms with Gasteiger partial charge in [-0.05, 0) is 44.6 Å². The van der Waals surface area contributed by atoms with E-state index in [1.807, 2.05) is 45.0 Å². The van der Waals surface area contributed by atoms with E-state index in [0.717, 1.165) is 29.4 Å². The number of hydrogen-bond acceptors (Lipinski definition) is 5. The van der Waals surface area contributed by atoms with E-state index in [0.29, 0.717) is 17.3 Å². The molecule has 1 saturated heterocycles. The second-order valence-electron chi connectivity index (χ2n) is 6.93. The first-order chi connectivity index (χ1) is 13.5. The maximum absolute atomic E-state index is 12.5. The van der Waals surface area contributed by atoms with Crippen LogP contribution in [0.2, 0.25) is 0 Å². The van der Waals surface area contributed by atoms with E-state index in [1.54, 1.807) is 11.3 Å². The summed E-state index contributed by atoms with van der Waals surface area (Å²) < 4.78 is 11.0. The molecule has 3 rings (SSSR count). The van der Waals surface area contributed by atoms with Crippen molar-refractivity contribution in [2.75, 3.05) is 25.0 Å². The van der Waals surface area contributed by atoms with E-state index >= 15 is 0 Å². The fraction of sp³-hybridized carbons (Fsp3) is 0.429. The van der Waals surface area contributed by atoms with Crippen molar-refractivity contribution >= 4 is 39.6 Å². The van der Waals surface area contributed by atoms with E-state index in [2.05, 4.69) is 22.3 Å². The Bertz CT molecular complexity index is 812. The van der Waals surface area contributed by atoms with E-state index in [4.69, 9.17) is 21.7 Å². The number of carbonyl (C=O) groups is 1. The van der Waals surface area contributed by atoms with Gasteiger partial charge in [-0.25, -0.2) is 4.79 Å². The van der Waals surface area contributed by atoms with Gasteiger partial charge in [-0.15, -0.1) is 11.3 Å². The van der Waals surface area contributed by atoms with Crippen LogP contribution in [-0.4, -0.2) is 47.9 Å². The molecule has 0 radical (unpaired) electrons. The summed E-state index contributed by atoms with van der Waals surface area (Å²) in [6, 6.07) is 12.1. The van der Waals surface area contributed by atoms with Gasteiger partial charge in [0.15, 0.2) is 5.11 Å². The Kier molecular flexibility index (Phi) is 7.04. The van der Waals surface area contributed by atoms with E-state index in [1.165, 1.54) is 5.56 Å². The van der Waals surface area contributed by atoms with E-state index < -0.39 is 0 Å². The normalized spacial score (nSPS) is 19.3. The summed E-state index contributed by atoms with van der Waals surface area (Å²) in [5, 5.41) is 4.64. The van der Waals surface area contributed by atoms with E-state index in [9.17, 15) is 4.79 Å². The zero-order valence-corrected chi connectivity index (χ0v) is 18.1. The topological polar surface area (TPSA) is 50.8 Å². The lowest BCUT2D eigenvalue weighted by atomic mass is 10.1. The lowest BCUT2D eigenvalue weighted by molar-refractivity contribution is -0.0473. The number of ether oxygens (including phenoxy) is 2. The summed E-state index contributed by atoms with van der Waals surface area (Å²) in [4.78, 5) is 15.6. The molecule has 0 amide bonds. The highest BCUT2D eigenvalue weighted by Crippen LogP contribution is 2.31. The largest absolute Gasteiger partial charge is 0.462 e. The lowest BCUT2D eigenvalue weighted by Crippen LogP contribution is -2.49. The first-order valence-electron chi connectivity index (χ1n) is 9.51. The number of thiophene rings is 1. The van der Waals surface area contributed by atoms with Gasteiger partial charge in [0, 0.05) is 24.4 Å². The van der Waals surface area contributed by atoms with Gasteiger partial charge in [-0.2, -0.15) is 0 Å². The van der Waals surface area contributed by atoms with Crippen LogP contribution in [0, 0.1) is 0 Å². The molecule has 0 spiro atoms. The highest BCUT2D eigenvalue weighted by atomic mass is 32.1. The van der Waals surface area contributed by atoms with Crippen LogP contribution in [-0.2, 0) is 15.9 Å². The van der Waals surface area contributed by atoms with Crippen LogP contribution < -0.4 is 5.32 Å². The molecule has 0 aliphatic carbocycles. The number of benzene rings is 1. The Labute approximate surface area is 175 Å². The number of rotatable bonds is 5. The van der Waals surface area contributed by atoms with Gasteiger partial charge in [-0.1, -0.05) is 30.3 Å². The van der Waals surface area contributed by atoms with Crippen molar-refractivity contribution in [1.29, 1.82) is 0 Å². The Morgan fingerprint density at radius 2 is 1.96 bits per heavy atom. The van der Waals surface area contributed by atoms with E-state index in [-0.39, 0.29) is 18.2 Å². The molecular formula is C21H26N2O3S2. The van der Waals surface area contributed by atoms with Crippen molar-refractivity contribution in [1.82, 2.24) is 4.90 Å². The maximum atomic E-state index is 12.5. The molecular weight excluding hydrogens is 392 g/mol. The van der Waals surface area contributed by atoms with Crippen LogP contribution in [0.4, 0.5) is 5.00 Å². The van der Waals surface area contributed by atoms with Crippen molar-refractivity contribution in [2.45, 2.75) is 39.4 Å². The predicted octanol–water partition coefficient (Wildman–Crippen LogP) is 4.32. The molecule has 2 heterocycles. The highest BCUT2D eigenvalue weighted by Gasteiger charge is 2.25. The van der Waals surface area contributed by atoms with Gasteiger partial charge in [0.1, 0.15) is 5.00 Å². The minimum Gasteiger partial charge on any atom is -0.462 e. The van der Waals surface area contributed by atoms with Crippen molar-refractivity contribution in [3.63, 3.8) is 0 Å². The quantitative estimate of drug-likeness (QED) is 0.576. The second-order valence-corrected chi connectivity index (χ2v) is 8.45. The molecule has 2 atom stereocenters. The second kappa shape index (κ2) is 9.49. The van der Waals surface area contributed by atoms with Crippen LogP contribution in [0.25, 0.3) is 0 Å². The number of nitrogens with zero attached hydrogens (tertiary/aromatic N) is 1. The van der Waals surface area contributed by atoms with Crippen LogP contribution >= 0.6 is 23.6 Å². The minimum atomic E-state index is -0.327. The van der Waals surface area contributed by atoms with Crippen LogP contribution in [0.5, 0.6) is 0 Å². The lowest BCUT2D eigenvalue weighted by Gasteiger charge is -2.36. The summed E-state index contributed by atoms with van der Waals surface area (Å²) in [5.74, 6) is -0.327. The SMILES string of the molecule is CCOC(=O)c1cc(Cc2ccccc2)sc1NC(=S)N1C[C@@H](C)O[C@@H](C)C1. The molecule has 0 bridgehead atoms. The molecule has 7 heteroatoms. The Balaban J connectivity index is 1.79. The predicted molar refractivity (Wildman–Crippen MR) is 117 cm³/mol. The Morgan fingerprint density at radius 1 is 1.29 bits per heavy atom. The summed E-state index contributed by atoms with van der Waals surface area (Å²) in [6.45, 7) is 7.69. The van der Waals surface area contributed by atoms with Gasteiger partial charge in [0.05, 0.1) is 24.4 Å². The standard InChI is InChI=1S/C21H26N2O3S2/c1-4-25-20(24)18-11-17(10-16-8-6-5-7-9-16)28-19(18)22-21(27)23-12-14(2)26-15(3)13-23/h5-9,11,14-15H,4,10,12-13H2,1-3H3,(H,22,27)/t14-,15+. The molecule has 1 aromatic carbocycles. The molecule has 0 unspecified atom stereocenters. The van der Waals surface area contributed by atoms with Gasteiger partial charge in [-0.3, -0.25) is 0 Å². The molecule has 1 aromatic heterocycles. The average molecular weight is 419 g/mol. The number of carbonyl (C=O) groups excluding carboxylic acids is 1. The number of nitrogens with one attached hydrogen (secondary N) is 1. The van der Waals surface area contributed by atoms with Crippen LogP contribution in [0.3, 0.4) is 0 Å². The highest BCUT2D eigenvalue weighted by molar-refractivity contribution is 7.80. The van der Waals surface area contributed by atoms with Crippen molar-refractivity contribution in [3.8, 4) is 0 Å². The summed E-state index contributed by atoms with van der Waals surface area (Å²) in [6.07, 6.45) is 0.993. The van der Waals surface area contributed by atoms with Crippen LogP contribution in [0.15, 0.2) is 36.4 Å². The summed E-state index contributed by atoms with van der Waals surface area (Å²) in [7, 11) is 0. The molecule has 28 heavy (non-hydrogen) atoms. The van der Waals surface area contributed by atoms with Crippen molar-refractivity contribution in [3.05, 3.63) is 52.4 Å². The van der Waals surface area contributed by atoms with Crippen molar-refractivity contribution in [2.24, 2.45) is 0 Å². The van der Waals surface area contributed by atoms with Gasteiger partial charge < -0.3 is 19.7 Å². The summed E-state index contributed by atoms with van der Waals surface area (Å²) >= 11 is 7.17. The third kappa shape index (κ3) is 5.31. The maximum Gasteiger partial charge on any atom is 0.341 e. The Morgan fingerprint density at radius 3 is 2.61 bits per heavy atom. The molecule has 0 saturated carbocycles. The van der Waals surface area contributed by atoms with Crippen LogP contribution in [0.1, 0.15) is 41.6 Å². The smallest absolute Gasteiger partial charge is 0.341 e. The first kappa shape index (κ1) is 20.8. The zero-order chi connectivity index (χ0) is 20.1. The van der Waals surface area contributed by atoms with Gasteiger partial charge in [0.25, 0.3) is 0 Å². The molecule has 2 aromatic rings. The third-order valence-corrected chi connectivity index (χ3v) is 5.84. The number of esters is 1. The molecule has 1 N–H and O–H groups in total. The fourth-order valence-electron chi connectivity index (χ4n) is 3.30. The summed E-state index contributed by atoms with van der Waals surface area (Å²) in [5.41, 5.74) is 1.73. The molecule has 1 fully saturated rings. The number of thiocarbonyl (C=S) groups is 1. The fourth-order valence-corrected chi connectivity index (χ4v) is 4.69. The monoisotopic (exact) mass is 418 g/mol. The number of hydrogen-bond donors (Lipinski definition) is 1.